The lowest BCUT2D eigenvalue weighted by molar-refractivity contribution is -0.138. The summed E-state index contributed by atoms with van der Waals surface area (Å²) in [5.41, 5.74) is 3.07. The standard InChI is InChI=1S/C20H24O3/c1-3-13-23-18-11-7-16(8-12-18)14-19(20(21)22)17-9-5-15(4-2)6-10-17/h5-12,19H,3-4,13-14H2,1-2H3,(H,21,22). The monoisotopic (exact) mass is 312 g/mol. The van der Waals surface area contributed by atoms with E-state index in [1.165, 1.54) is 5.56 Å². The van der Waals surface area contributed by atoms with Crippen LogP contribution in [0.1, 0.15) is 42.9 Å². The van der Waals surface area contributed by atoms with Gasteiger partial charge in [-0.3, -0.25) is 4.79 Å². The van der Waals surface area contributed by atoms with Crippen LogP contribution in [0.5, 0.6) is 5.75 Å². The lowest BCUT2D eigenvalue weighted by atomic mass is 9.91. The van der Waals surface area contributed by atoms with Crippen molar-refractivity contribution in [1.82, 2.24) is 0 Å². The Morgan fingerprint density at radius 2 is 1.61 bits per heavy atom. The van der Waals surface area contributed by atoms with Crippen LogP contribution in [0.2, 0.25) is 0 Å². The van der Waals surface area contributed by atoms with Crippen LogP contribution in [0.3, 0.4) is 0 Å². The maximum absolute atomic E-state index is 11.6. The lowest BCUT2D eigenvalue weighted by Crippen LogP contribution is -2.14. The Morgan fingerprint density at radius 1 is 1.00 bits per heavy atom. The largest absolute Gasteiger partial charge is 0.494 e. The topological polar surface area (TPSA) is 46.5 Å². The molecule has 0 amide bonds. The second-order valence-electron chi connectivity index (χ2n) is 5.68. The molecule has 2 aromatic carbocycles. The van der Waals surface area contributed by atoms with Gasteiger partial charge in [0.05, 0.1) is 12.5 Å². The molecule has 1 N–H and O–H groups in total. The van der Waals surface area contributed by atoms with E-state index in [9.17, 15) is 9.90 Å². The maximum atomic E-state index is 11.6. The number of hydrogen-bond donors (Lipinski definition) is 1. The van der Waals surface area contributed by atoms with E-state index in [-0.39, 0.29) is 0 Å². The fourth-order valence-corrected chi connectivity index (χ4v) is 2.51. The van der Waals surface area contributed by atoms with Crippen molar-refractivity contribution in [3.8, 4) is 5.75 Å². The first kappa shape index (κ1) is 17.1. The second-order valence-corrected chi connectivity index (χ2v) is 5.68. The Labute approximate surface area is 137 Å². The molecule has 3 nitrogen and oxygen atoms in total. The Hall–Kier alpha value is -2.29. The van der Waals surface area contributed by atoms with Gasteiger partial charge in [0.1, 0.15) is 5.75 Å². The number of carboxylic acids is 1. The molecule has 0 radical (unpaired) electrons. The second kappa shape index (κ2) is 8.37. The molecule has 0 fully saturated rings. The lowest BCUT2D eigenvalue weighted by Gasteiger charge is -2.14. The van der Waals surface area contributed by atoms with Crippen LogP contribution >= 0.6 is 0 Å². The number of rotatable bonds is 8. The molecule has 0 saturated heterocycles. The molecule has 3 heteroatoms. The molecule has 0 aromatic heterocycles. The van der Waals surface area contributed by atoms with E-state index in [0.717, 1.165) is 29.7 Å². The summed E-state index contributed by atoms with van der Waals surface area (Å²) in [5, 5.41) is 9.56. The molecule has 0 aliphatic carbocycles. The van der Waals surface area contributed by atoms with Crippen molar-refractivity contribution in [1.29, 1.82) is 0 Å². The average molecular weight is 312 g/mol. The molecule has 0 aliphatic rings. The van der Waals surface area contributed by atoms with Crippen molar-refractivity contribution in [2.24, 2.45) is 0 Å². The van der Waals surface area contributed by atoms with E-state index in [2.05, 4.69) is 13.8 Å². The molecule has 0 saturated carbocycles. The van der Waals surface area contributed by atoms with E-state index in [0.29, 0.717) is 13.0 Å². The van der Waals surface area contributed by atoms with Gasteiger partial charge >= 0.3 is 5.97 Å². The quantitative estimate of drug-likeness (QED) is 0.783. The SMILES string of the molecule is CCCOc1ccc(CC(C(=O)O)c2ccc(CC)cc2)cc1. The molecule has 0 aliphatic heterocycles. The summed E-state index contributed by atoms with van der Waals surface area (Å²) in [5.74, 6) is -0.487. The first-order valence-corrected chi connectivity index (χ1v) is 8.17. The smallest absolute Gasteiger partial charge is 0.311 e. The molecule has 0 bridgehead atoms. The van der Waals surface area contributed by atoms with E-state index in [4.69, 9.17) is 4.74 Å². The van der Waals surface area contributed by atoms with Gasteiger partial charge in [-0.25, -0.2) is 0 Å². The van der Waals surface area contributed by atoms with Crippen LogP contribution in [0.25, 0.3) is 0 Å². The summed E-state index contributed by atoms with van der Waals surface area (Å²) >= 11 is 0. The molecule has 2 aromatic rings. The van der Waals surface area contributed by atoms with Crippen molar-refractivity contribution in [3.63, 3.8) is 0 Å². The number of benzene rings is 2. The molecule has 122 valence electrons. The van der Waals surface area contributed by atoms with E-state index < -0.39 is 11.9 Å². The highest BCUT2D eigenvalue weighted by Crippen LogP contribution is 2.23. The van der Waals surface area contributed by atoms with Crippen LogP contribution < -0.4 is 4.74 Å². The Bertz CT molecular complexity index is 614. The number of carbonyl (C=O) groups is 1. The first-order valence-electron chi connectivity index (χ1n) is 8.17. The van der Waals surface area contributed by atoms with E-state index >= 15 is 0 Å². The molecule has 2 rings (SSSR count). The van der Waals surface area contributed by atoms with Crippen LogP contribution in [0.4, 0.5) is 0 Å². The molecular formula is C20H24O3. The number of ether oxygens (including phenoxy) is 1. The van der Waals surface area contributed by atoms with Crippen LogP contribution in [0, 0.1) is 0 Å². The number of carboxylic acid groups (broad SMARTS) is 1. The van der Waals surface area contributed by atoms with E-state index in [1.54, 1.807) is 0 Å². The summed E-state index contributed by atoms with van der Waals surface area (Å²) in [6.45, 7) is 4.85. The Balaban J connectivity index is 2.11. The van der Waals surface area contributed by atoms with Gasteiger partial charge < -0.3 is 9.84 Å². The van der Waals surface area contributed by atoms with Crippen molar-refractivity contribution in [2.45, 2.75) is 39.0 Å². The van der Waals surface area contributed by atoms with Crippen LogP contribution in [-0.4, -0.2) is 17.7 Å². The Kier molecular flexibility index (Phi) is 6.21. The van der Waals surface area contributed by atoms with Gasteiger partial charge in [0.2, 0.25) is 0 Å². The predicted octanol–water partition coefficient (Wildman–Crippen LogP) is 4.45. The van der Waals surface area contributed by atoms with Crippen molar-refractivity contribution in [3.05, 3.63) is 65.2 Å². The summed E-state index contributed by atoms with van der Waals surface area (Å²) in [6.07, 6.45) is 2.41. The van der Waals surface area contributed by atoms with Gasteiger partial charge in [-0.2, -0.15) is 0 Å². The molecule has 1 atom stereocenters. The highest BCUT2D eigenvalue weighted by atomic mass is 16.5. The van der Waals surface area contributed by atoms with Gasteiger partial charge in [0.25, 0.3) is 0 Å². The molecular weight excluding hydrogens is 288 g/mol. The third-order valence-corrected chi connectivity index (χ3v) is 3.92. The minimum absolute atomic E-state index is 0.481. The van der Waals surface area contributed by atoms with E-state index in [1.807, 2.05) is 48.5 Å². The van der Waals surface area contributed by atoms with Gasteiger partial charge in [-0.1, -0.05) is 50.2 Å². The van der Waals surface area contributed by atoms with Gasteiger partial charge in [0, 0.05) is 0 Å². The Morgan fingerprint density at radius 3 is 2.13 bits per heavy atom. The van der Waals surface area contributed by atoms with Gasteiger partial charge in [-0.05, 0) is 48.1 Å². The first-order chi connectivity index (χ1) is 11.1. The number of aryl methyl sites for hydroxylation is 1. The van der Waals surface area contributed by atoms with Crippen molar-refractivity contribution >= 4 is 5.97 Å². The third kappa shape index (κ3) is 4.85. The molecule has 0 spiro atoms. The van der Waals surface area contributed by atoms with Gasteiger partial charge in [-0.15, -0.1) is 0 Å². The van der Waals surface area contributed by atoms with Crippen molar-refractivity contribution in [2.75, 3.05) is 6.61 Å². The van der Waals surface area contributed by atoms with Crippen LogP contribution in [-0.2, 0) is 17.6 Å². The zero-order chi connectivity index (χ0) is 16.7. The summed E-state index contributed by atoms with van der Waals surface area (Å²) in [6, 6.07) is 15.6. The zero-order valence-corrected chi connectivity index (χ0v) is 13.8. The van der Waals surface area contributed by atoms with Crippen LogP contribution in [0.15, 0.2) is 48.5 Å². The minimum Gasteiger partial charge on any atom is -0.494 e. The third-order valence-electron chi connectivity index (χ3n) is 3.92. The predicted molar refractivity (Wildman–Crippen MR) is 92.1 cm³/mol. The average Bonchev–Trinajstić information content (AvgIpc) is 2.59. The number of hydrogen-bond acceptors (Lipinski definition) is 2. The maximum Gasteiger partial charge on any atom is 0.311 e. The minimum atomic E-state index is -0.791. The summed E-state index contributed by atoms with van der Waals surface area (Å²) in [4.78, 5) is 11.6. The van der Waals surface area contributed by atoms with Gasteiger partial charge in [0.15, 0.2) is 0 Å². The normalized spacial score (nSPS) is 11.9. The fraction of sp³-hybridized carbons (Fsp3) is 0.350. The summed E-state index contributed by atoms with van der Waals surface area (Å²) < 4.78 is 5.56. The molecule has 23 heavy (non-hydrogen) atoms. The molecule has 0 heterocycles. The fourth-order valence-electron chi connectivity index (χ4n) is 2.51. The highest BCUT2D eigenvalue weighted by Gasteiger charge is 2.20. The van der Waals surface area contributed by atoms with Crippen molar-refractivity contribution < 1.29 is 14.6 Å². The zero-order valence-electron chi connectivity index (χ0n) is 13.8. The summed E-state index contributed by atoms with van der Waals surface area (Å²) in [7, 11) is 0. The number of aliphatic carboxylic acids is 1. The molecule has 1 unspecified atom stereocenters. The highest BCUT2D eigenvalue weighted by molar-refractivity contribution is 5.76.